The minimum Gasteiger partial charge on any atom is -0.308 e. The van der Waals surface area contributed by atoms with E-state index in [-0.39, 0.29) is 11.9 Å². The summed E-state index contributed by atoms with van der Waals surface area (Å²) < 4.78 is 36.1. The molecule has 3 nitrogen and oxygen atoms in total. The molecular formula is C14H22FNO2S. The highest BCUT2D eigenvalue weighted by molar-refractivity contribution is 7.92. The summed E-state index contributed by atoms with van der Waals surface area (Å²) in [5, 5.41) is 3.15. The van der Waals surface area contributed by atoms with Crippen molar-refractivity contribution < 1.29 is 12.8 Å². The Hall–Kier alpha value is -0.940. The normalized spacial score (nSPS) is 14.4. The molecule has 0 heterocycles. The van der Waals surface area contributed by atoms with Gasteiger partial charge in [-0.3, -0.25) is 0 Å². The van der Waals surface area contributed by atoms with Gasteiger partial charge in [-0.1, -0.05) is 25.1 Å². The fourth-order valence-electron chi connectivity index (χ4n) is 1.73. The summed E-state index contributed by atoms with van der Waals surface area (Å²) in [7, 11) is -3.15. The molecule has 0 aliphatic heterocycles. The molecule has 108 valence electrons. The zero-order valence-electron chi connectivity index (χ0n) is 11.9. The van der Waals surface area contributed by atoms with Crippen LogP contribution in [0.4, 0.5) is 4.39 Å². The number of benzene rings is 1. The SMILES string of the molecule is CCC(NCC(C)(C)S(C)(=O)=O)c1ccccc1F. The zero-order valence-corrected chi connectivity index (χ0v) is 12.7. The summed E-state index contributed by atoms with van der Waals surface area (Å²) in [6.07, 6.45) is 1.92. The molecule has 0 bridgehead atoms. The molecule has 0 saturated heterocycles. The lowest BCUT2D eigenvalue weighted by Gasteiger charge is -2.27. The van der Waals surface area contributed by atoms with Crippen LogP contribution in [-0.2, 0) is 9.84 Å². The van der Waals surface area contributed by atoms with E-state index in [0.29, 0.717) is 18.5 Å². The molecule has 1 N–H and O–H groups in total. The first-order valence-corrected chi connectivity index (χ1v) is 8.25. The number of halogens is 1. The molecule has 0 amide bonds. The van der Waals surface area contributed by atoms with E-state index in [4.69, 9.17) is 0 Å². The van der Waals surface area contributed by atoms with Gasteiger partial charge in [-0.15, -0.1) is 0 Å². The van der Waals surface area contributed by atoms with Gasteiger partial charge in [-0.05, 0) is 26.3 Å². The molecule has 0 spiro atoms. The monoisotopic (exact) mass is 287 g/mol. The lowest BCUT2D eigenvalue weighted by Crippen LogP contribution is -2.42. The fourth-order valence-corrected chi connectivity index (χ4v) is 2.08. The number of rotatable bonds is 6. The third-order valence-corrected chi connectivity index (χ3v) is 5.62. The summed E-state index contributed by atoms with van der Waals surface area (Å²) in [6, 6.07) is 6.39. The molecule has 1 rings (SSSR count). The first-order valence-electron chi connectivity index (χ1n) is 6.36. The average Bonchev–Trinajstić information content (AvgIpc) is 2.30. The Morgan fingerprint density at radius 3 is 2.37 bits per heavy atom. The first-order chi connectivity index (χ1) is 8.69. The van der Waals surface area contributed by atoms with Gasteiger partial charge in [0.1, 0.15) is 5.82 Å². The molecule has 0 radical (unpaired) electrons. The van der Waals surface area contributed by atoms with Crippen LogP contribution in [0.5, 0.6) is 0 Å². The second kappa shape index (κ2) is 6.01. The molecule has 1 aromatic carbocycles. The van der Waals surface area contributed by atoms with Gasteiger partial charge in [0.2, 0.25) is 0 Å². The maximum atomic E-state index is 13.7. The van der Waals surface area contributed by atoms with Crippen LogP contribution in [-0.4, -0.2) is 26.0 Å². The lowest BCUT2D eigenvalue weighted by molar-refractivity contribution is 0.450. The summed E-state index contributed by atoms with van der Waals surface area (Å²) >= 11 is 0. The highest BCUT2D eigenvalue weighted by atomic mass is 32.2. The Bertz CT molecular complexity index is 526. The largest absolute Gasteiger partial charge is 0.308 e. The van der Waals surface area contributed by atoms with Gasteiger partial charge in [0.25, 0.3) is 0 Å². The third kappa shape index (κ3) is 4.01. The van der Waals surface area contributed by atoms with E-state index in [9.17, 15) is 12.8 Å². The van der Waals surface area contributed by atoms with E-state index < -0.39 is 14.6 Å². The quantitative estimate of drug-likeness (QED) is 0.875. The lowest BCUT2D eigenvalue weighted by atomic mass is 10.0. The molecular weight excluding hydrogens is 265 g/mol. The Balaban J connectivity index is 2.83. The summed E-state index contributed by atoms with van der Waals surface area (Å²) in [5.74, 6) is -0.265. The van der Waals surface area contributed by atoms with E-state index in [2.05, 4.69) is 5.32 Å². The van der Waals surface area contributed by atoms with Crippen LogP contribution < -0.4 is 5.32 Å². The smallest absolute Gasteiger partial charge is 0.153 e. The third-order valence-electron chi connectivity index (χ3n) is 3.47. The second-order valence-electron chi connectivity index (χ2n) is 5.40. The van der Waals surface area contributed by atoms with Crippen LogP contribution in [0.1, 0.15) is 38.8 Å². The highest BCUT2D eigenvalue weighted by Crippen LogP contribution is 2.22. The maximum Gasteiger partial charge on any atom is 0.153 e. The first kappa shape index (κ1) is 16.1. The van der Waals surface area contributed by atoms with Crippen molar-refractivity contribution in [2.24, 2.45) is 0 Å². The fraction of sp³-hybridized carbons (Fsp3) is 0.571. The van der Waals surface area contributed by atoms with Gasteiger partial charge >= 0.3 is 0 Å². The zero-order chi connectivity index (χ0) is 14.7. The Labute approximate surface area is 115 Å². The molecule has 0 saturated carbocycles. The van der Waals surface area contributed by atoms with Gasteiger partial charge in [-0.2, -0.15) is 0 Å². The number of hydrogen-bond acceptors (Lipinski definition) is 3. The summed E-state index contributed by atoms with van der Waals surface area (Å²) in [6.45, 7) is 5.57. The molecule has 0 fully saturated rings. The predicted molar refractivity (Wildman–Crippen MR) is 76.4 cm³/mol. The Morgan fingerprint density at radius 1 is 1.32 bits per heavy atom. The van der Waals surface area contributed by atoms with Gasteiger partial charge in [0.05, 0.1) is 4.75 Å². The van der Waals surface area contributed by atoms with Crippen LogP contribution in [0.3, 0.4) is 0 Å². The Morgan fingerprint density at radius 2 is 1.89 bits per heavy atom. The van der Waals surface area contributed by atoms with Crippen LogP contribution in [0.15, 0.2) is 24.3 Å². The van der Waals surface area contributed by atoms with Crippen molar-refractivity contribution in [1.29, 1.82) is 0 Å². The molecule has 0 aliphatic carbocycles. The number of sulfone groups is 1. The molecule has 0 aliphatic rings. The standard InChI is InChI=1S/C14H22FNO2S/c1-5-13(11-8-6-7-9-12(11)15)16-10-14(2,3)19(4,17)18/h6-9,13,16H,5,10H2,1-4H3. The molecule has 1 aromatic rings. The van der Waals surface area contributed by atoms with Crippen LogP contribution in [0.25, 0.3) is 0 Å². The highest BCUT2D eigenvalue weighted by Gasteiger charge is 2.30. The maximum absolute atomic E-state index is 13.7. The van der Waals surface area contributed by atoms with Crippen molar-refractivity contribution in [3.63, 3.8) is 0 Å². The van der Waals surface area contributed by atoms with Crippen molar-refractivity contribution in [3.8, 4) is 0 Å². The number of nitrogens with one attached hydrogen (secondary N) is 1. The minimum atomic E-state index is -3.15. The second-order valence-corrected chi connectivity index (χ2v) is 8.04. The van der Waals surface area contributed by atoms with Gasteiger partial charge < -0.3 is 5.32 Å². The van der Waals surface area contributed by atoms with Crippen molar-refractivity contribution in [3.05, 3.63) is 35.6 Å². The van der Waals surface area contributed by atoms with Crippen molar-refractivity contribution >= 4 is 9.84 Å². The molecule has 1 unspecified atom stereocenters. The summed E-state index contributed by atoms with van der Waals surface area (Å²) in [5.41, 5.74) is 0.578. The van der Waals surface area contributed by atoms with Crippen LogP contribution >= 0.6 is 0 Å². The van der Waals surface area contributed by atoms with E-state index in [1.54, 1.807) is 32.0 Å². The van der Waals surface area contributed by atoms with Crippen LogP contribution in [0.2, 0.25) is 0 Å². The minimum absolute atomic E-state index is 0.178. The van der Waals surface area contributed by atoms with Crippen LogP contribution in [0, 0.1) is 5.82 Å². The topological polar surface area (TPSA) is 46.2 Å². The molecule has 1 atom stereocenters. The van der Waals surface area contributed by atoms with Crippen molar-refractivity contribution in [2.45, 2.75) is 38.0 Å². The van der Waals surface area contributed by atoms with Crippen molar-refractivity contribution in [1.82, 2.24) is 5.32 Å². The van der Waals surface area contributed by atoms with Crippen molar-refractivity contribution in [2.75, 3.05) is 12.8 Å². The van der Waals surface area contributed by atoms with Gasteiger partial charge in [-0.25, -0.2) is 12.8 Å². The van der Waals surface area contributed by atoms with Gasteiger partial charge in [0.15, 0.2) is 9.84 Å². The van der Waals surface area contributed by atoms with E-state index >= 15 is 0 Å². The van der Waals surface area contributed by atoms with E-state index in [1.165, 1.54) is 12.3 Å². The van der Waals surface area contributed by atoms with E-state index in [0.717, 1.165) is 0 Å². The molecule has 5 heteroatoms. The molecule has 0 aromatic heterocycles. The predicted octanol–water partition coefficient (Wildman–Crippen LogP) is 2.69. The number of hydrogen-bond donors (Lipinski definition) is 1. The summed E-state index contributed by atoms with van der Waals surface area (Å²) in [4.78, 5) is 0. The molecule has 19 heavy (non-hydrogen) atoms. The average molecular weight is 287 g/mol. The Kier molecular flexibility index (Phi) is 5.10. The van der Waals surface area contributed by atoms with E-state index in [1.807, 2.05) is 6.92 Å². The van der Waals surface area contributed by atoms with Gasteiger partial charge in [0, 0.05) is 24.4 Å².